The maximum absolute atomic E-state index is 11.9. The van der Waals surface area contributed by atoms with Crippen LogP contribution in [0.2, 0.25) is 0 Å². The largest absolute Gasteiger partial charge is 0.504 e. The van der Waals surface area contributed by atoms with Crippen molar-refractivity contribution in [2.24, 2.45) is 0 Å². The van der Waals surface area contributed by atoms with Gasteiger partial charge in [-0.05, 0) is 35.4 Å². The Bertz CT molecular complexity index is 823. The lowest BCUT2D eigenvalue weighted by molar-refractivity contribution is -0.139. The van der Waals surface area contributed by atoms with Crippen molar-refractivity contribution in [2.75, 3.05) is 0 Å². The van der Waals surface area contributed by atoms with E-state index in [2.05, 4.69) is 10.6 Å². The average Bonchev–Trinajstić information content (AvgIpc) is 2.58. The number of rotatable bonds is 6. The van der Waals surface area contributed by atoms with Gasteiger partial charge in [-0.15, -0.1) is 0 Å². The van der Waals surface area contributed by atoms with Crippen LogP contribution < -0.4 is 10.6 Å². The predicted octanol–water partition coefficient (Wildman–Crippen LogP) is 1.00. The number of urea groups is 1. The third-order valence-electron chi connectivity index (χ3n) is 3.58. The van der Waals surface area contributed by atoms with Gasteiger partial charge < -0.3 is 36.2 Å². The Kier molecular flexibility index (Phi) is 5.74. The van der Waals surface area contributed by atoms with E-state index in [0.717, 1.165) is 0 Å². The quantitative estimate of drug-likeness (QED) is 0.377. The minimum Gasteiger partial charge on any atom is -0.504 e. The van der Waals surface area contributed by atoms with Gasteiger partial charge in [-0.2, -0.15) is 0 Å². The normalized spacial score (nSPS) is 11.5. The molecule has 0 aliphatic carbocycles. The van der Waals surface area contributed by atoms with Crippen LogP contribution in [0.5, 0.6) is 23.0 Å². The summed E-state index contributed by atoms with van der Waals surface area (Å²) in [6.07, 6.45) is -0.101. The minimum absolute atomic E-state index is 0.00596. The number of carboxylic acids is 1. The number of carboxylic acid groups (broad SMARTS) is 1. The molecule has 2 aromatic rings. The highest BCUT2D eigenvalue weighted by molar-refractivity contribution is 5.82. The SMILES string of the molecule is O=C(NCc1ccc(O)c(O)c1)N[C@@H](Cc1ccc(O)c(O)c1)C(=O)O. The van der Waals surface area contributed by atoms with E-state index in [4.69, 9.17) is 0 Å². The second-order valence-electron chi connectivity index (χ2n) is 5.57. The van der Waals surface area contributed by atoms with Crippen molar-refractivity contribution in [3.05, 3.63) is 47.5 Å². The van der Waals surface area contributed by atoms with Crippen molar-refractivity contribution >= 4 is 12.0 Å². The number of nitrogens with one attached hydrogen (secondary N) is 2. The van der Waals surface area contributed by atoms with E-state index in [1.807, 2.05) is 0 Å². The Morgan fingerprint density at radius 1 is 0.846 bits per heavy atom. The zero-order valence-corrected chi connectivity index (χ0v) is 13.5. The fourth-order valence-electron chi connectivity index (χ4n) is 2.20. The summed E-state index contributed by atoms with van der Waals surface area (Å²) in [5, 5.41) is 51.3. The number of aliphatic carboxylic acids is 1. The number of carbonyl (C=O) groups excluding carboxylic acids is 1. The van der Waals surface area contributed by atoms with Crippen molar-refractivity contribution in [3.8, 4) is 23.0 Å². The van der Waals surface area contributed by atoms with Crippen molar-refractivity contribution < 1.29 is 35.1 Å². The number of phenolic OH excluding ortho intramolecular Hbond substituents is 4. The standard InChI is InChI=1S/C17H18N2O7/c20-12-3-1-9(6-14(12)22)5-11(16(24)25)19-17(26)18-8-10-2-4-13(21)15(23)7-10/h1-4,6-7,11,20-23H,5,8H2,(H,24,25)(H2,18,19,26)/t11-/m0/s1. The monoisotopic (exact) mass is 362 g/mol. The van der Waals surface area contributed by atoms with E-state index in [1.165, 1.54) is 36.4 Å². The average molecular weight is 362 g/mol. The molecule has 9 heteroatoms. The Labute approximate surface area is 148 Å². The fourth-order valence-corrected chi connectivity index (χ4v) is 2.20. The summed E-state index contributed by atoms with van der Waals surface area (Å²) in [7, 11) is 0. The molecule has 26 heavy (non-hydrogen) atoms. The molecule has 0 bridgehead atoms. The number of aromatic hydroxyl groups is 4. The molecule has 1 atom stereocenters. The van der Waals surface area contributed by atoms with Gasteiger partial charge in [0.15, 0.2) is 23.0 Å². The molecule has 0 heterocycles. The van der Waals surface area contributed by atoms with Gasteiger partial charge in [0.25, 0.3) is 0 Å². The maximum Gasteiger partial charge on any atom is 0.326 e. The Morgan fingerprint density at radius 2 is 1.38 bits per heavy atom. The van der Waals surface area contributed by atoms with Crippen LogP contribution in [0.3, 0.4) is 0 Å². The summed E-state index contributed by atoms with van der Waals surface area (Å²) in [5.74, 6) is -2.61. The molecule has 138 valence electrons. The van der Waals surface area contributed by atoms with E-state index < -0.39 is 18.0 Å². The molecular weight excluding hydrogens is 344 g/mol. The van der Waals surface area contributed by atoms with Gasteiger partial charge >= 0.3 is 12.0 Å². The first-order chi connectivity index (χ1) is 12.3. The number of hydrogen-bond donors (Lipinski definition) is 7. The summed E-state index contributed by atoms with van der Waals surface area (Å²) in [5.41, 5.74) is 0.919. The first kappa shape index (κ1) is 18.7. The molecule has 7 N–H and O–H groups in total. The van der Waals surface area contributed by atoms with E-state index in [9.17, 15) is 35.1 Å². The van der Waals surface area contributed by atoms with Crippen LogP contribution in [-0.4, -0.2) is 43.6 Å². The van der Waals surface area contributed by atoms with Crippen molar-refractivity contribution in [2.45, 2.75) is 19.0 Å². The smallest absolute Gasteiger partial charge is 0.326 e. The third-order valence-corrected chi connectivity index (χ3v) is 3.58. The molecule has 2 aromatic carbocycles. The first-order valence-electron chi connectivity index (χ1n) is 7.55. The van der Waals surface area contributed by atoms with Crippen LogP contribution >= 0.6 is 0 Å². The van der Waals surface area contributed by atoms with Crippen molar-refractivity contribution in [1.82, 2.24) is 10.6 Å². The second-order valence-corrected chi connectivity index (χ2v) is 5.57. The molecule has 0 aromatic heterocycles. The maximum atomic E-state index is 11.9. The van der Waals surface area contributed by atoms with Gasteiger partial charge in [-0.25, -0.2) is 9.59 Å². The first-order valence-corrected chi connectivity index (χ1v) is 7.55. The van der Waals surface area contributed by atoms with E-state index >= 15 is 0 Å². The summed E-state index contributed by atoms with van der Waals surface area (Å²) in [6, 6.07) is 5.89. The summed E-state index contributed by atoms with van der Waals surface area (Å²) >= 11 is 0. The van der Waals surface area contributed by atoms with Crippen LogP contribution in [0, 0.1) is 0 Å². The Hall–Kier alpha value is -3.62. The molecule has 0 unspecified atom stereocenters. The molecule has 2 amide bonds. The van der Waals surface area contributed by atoms with Gasteiger partial charge in [-0.3, -0.25) is 0 Å². The van der Waals surface area contributed by atoms with E-state index in [1.54, 1.807) is 0 Å². The summed E-state index contributed by atoms with van der Waals surface area (Å²) < 4.78 is 0. The van der Waals surface area contributed by atoms with Crippen LogP contribution in [0.1, 0.15) is 11.1 Å². The lowest BCUT2D eigenvalue weighted by atomic mass is 10.1. The predicted molar refractivity (Wildman–Crippen MR) is 90.0 cm³/mol. The number of carbonyl (C=O) groups is 2. The summed E-state index contributed by atoms with van der Waals surface area (Å²) in [4.78, 5) is 23.2. The van der Waals surface area contributed by atoms with E-state index in [-0.39, 0.29) is 36.0 Å². The lowest BCUT2D eigenvalue weighted by Crippen LogP contribution is -2.46. The van der Waals surface area contributed by atoms with Gasteiger partial charge in [0.05, 0.1) is 0 Å². The molecule has 0 fully saturated rings. The van der Waals surface area contributed by atoms with Gasteiger partial charge in [0.1, 0.15) is 6.04 Å². The topological polar surface area (TPSA) is 159 Å². The molecule has 0 aliphatic rings. The molecule has 0 radical (unpaired) electrons. The Balaban J connectivity index is 1.95. The number of amides is 2. The van der Waals surface area contributed by atoms with E-state index in [0.29, 0.717) is 11.1 Å². The minimum atomic E-state index is -1.27. The highest BCUT2D eigenvalue weighted by atomic mass is 16.4. The number of benzene rings is 2. The van der Waals surface area contributed by atoms with Gasteiger partial charge in [-0.1, -0.05) is 12.1 Å². The van der Waals surface area contributed by atoms with Crippen LogP contribution in [-0.2, 0) is 17.8 Å². The summed E-state index contributed by atoms with van der Waals surface area (Å²) in [6.45, 7) is 0.00596. The van der Waals surface area contributed by atoms with Crippen LogP contribution in [0.15, 0.2) is 36.4 Å². The fraction of sp³-hybridized carbons (Fsp3) is 0.176. The molecule has 0 spiro atoms. The van der Waals surface area contributed by atoms with Gasteiger partial charge in [0.2, 0.25) is 0 Å². The van der Waals surface area contributed by atoms with Crippen LogP contribution in [0.4, 0.5) is 4.79 Å². The highest BCUT2D eigenvalue weighted by Crippen LogP contribution is 2.26. The number of hydrogen-bond acceptors (Lipinski definition) is 6. The third kappa shape index (κ3) is 4.94. The zero-order chi connectivity index (χ0) is 19.3. The Morgan fingerprint density at radius 3 is 1.92 bits per heavy atom. The van der Waals surface area contributed by atoms with Crippen molar-refractivity contribution in [1.29, 1.82) is 0 Å². The highest BCUT2D eigenvalue weighted by Gasteiger charge is 2.21. The molecule has 0 saturated carbocycles. The van der Waals surface area contributed by atoms with Crippen LogP contribution in [0.25, 0.3) is 0 Å². The second kappa shape index (κ2) is 7.97. The van der Waals surface area contributed by atoms with Crippen molar-refractivity contribution in [3.63, 3.8) is 0 Å². The zero-order valence-electron chi connectivity index (χ0n) is 13.5. The molecule has 0 aliphatic heterocycles. The number of phenols is 4. The lowest BCUT2D eigenvalue weighted by Gasteiger charge is -2.16. The molecular formula is C17H18N2O7. The molecule has 0 saturated heterocycles. The molecule has 9 nitrogen and oxygen atoms in total. The molecule has 2 rings (SSSR count). The van der Waals surface area contributed by atoms with Gasteiger partial charge in [0, 0.05) is 13.0 Å².